The molecule has 0 heterocycles. The summed E-state index contributed by atoms with van der Waals surface area (Å²) in [7, 11) is 1.57. The normalized spacial score (nSPS) is 15.6. The van der Waals surface area contributed by atoms with Gasteiger partial charge in [-0.15, -0.1) is 6.26 Å². The van der Waals surface area contributed by atoms with Crippen molar-refractivity contribution < 1.29 is 0 Å². The molecule has 32 valence electrons. The van der Waals surface area contributed by atoms with Crippen molar-refractivity contribution in [2.24, 2.45) is 0 Å². The van der Waals surface area contributed by atoms with Gasteiger partial charge in [-0.25, -0.2) is 0 Å². The van der Waals surface area contributed by atoms with E-state index >= 15 is 0 Å². The Morgan fingerprint density at radius 3 is 2.00 bits per heavy atom. The molecule has 0 saturated carbocycles. The van der Waals surface area contributed by atoms with Crippen LogP contribution in [0, 0.1) is 0 Å². The minimum atomic E-state index is 0.233. The molecule has 0 bridgehead atoms. The molecule has 0 saturated heterocycles. The first kappa shape index (κ1) is 5.87. The van der Waals surface area contributed by atoms with Crippen LogP contribution in [0.2, 0.25) is 0 Å². The van der Waals surface area contributed by atoms with E-state index in [1.807, 2.05) is 0 Å². The summed E-state index contributed by atoms with van der Waals surface area (Å²) < 4.78 is 0. The van der Waals surface area contributed by atoms with Gasteiger partial charge in [-0.1, -0.05) is 0 Å². The molecule has 5 heavy (non-hydrogen) atoms. The summed E-state index contributed by atoms with van der Waals surface area (Å²) in [6.45, 7) is 2.08. The quantitative estimate of drug-likeness (QED) is 0.346. The van der Waals surface area contributed by atoms with Crippen molar-refractivity contribution >= 4 is 27.2 Å². The maximum absolute atomic E-state index is 4.80. The van der Waals surface area contributed by atoms with Crippen molar-refractivity contribution in [1.82, 2.24) is 0 Å². The molecule has 0 unspecified atom stereocenters. The van der Waals surface area contributed by atoms with Crippen LogP contribution in [0.1, 0.15) is 0 Å². The Bertz CT molecular complexity index is 79.6. The van der Waals surface area contributed by atoms with E-state index in [0.717, 1.165) is 0 Å². The lowest BCUT2D eigenvalue weighted by atomic mass is 12.0. The highest BCUT2D eigenvalue weighted by atomic mass is 32.9. The van der Waals surface area contributed by atoms with Gasteiger partial charge in [0.15, 0.2) is 0 Å². The van der Waals surface area contributed by atoms with Crippen LogP contribution >= 0.6 is 7.36 Å². The summed E-state index contributed by atoms with van der Waals surface area (Å²) in [6.07, 6.45) is 2.05. The molecule has 0 nitrogen and oxygen atoms in total. The van der Waals surface area contributed by atoms with E-state index < -0.39 is 0 Å². The summed E-state index contributed by atoms with van der Waals surface area (Å²) in [5.74, 6) is 0. The first-order valence-corrected chi connectivity index (χ1v) is 5.71. The van der Waals surface area contributed by atoms with Gasteiger partial charge >= 0.3 is 0 Å². The zero-order valence-corrected chi connectivity index (χ0v) is 5.79. The molecule has 0 aromatic heterocycles. The van der Waals surface area contributed by atoms with Gasteiger partial charge in [0, 0.05) is 0 Å². The topological polar surface area (TPSA) is 0 Å². The van der Waals surface area contributed by atoms with Crippen molar-refractivity contribution in [3.8, 4) is 0 Å². The van der Waals surface area contributed by atoms with Crippen molar-refractivity contribution in [1.29, 1.82) is 0 Å². The minimum absolute atomic E-state index is 0.233. The highest BCUT2D eigenvalue weighted by Gasteiger charge is 1.28. The molecule has 0 radical (unpaired) electrons. The molecule has 3 heteroatoms. The first-order valence-electron chi connectivity index (χ1n) is 1.20. The zero-order chi connectivity index (χ0) is 4.28. The third kappa shape index (κ3) is 4.87. The van der Waals surface area contributed by atoms with Gasteiger partial charge in [0.05, 0.1) is 0 Å². The maximum atomic E-state index is 4.80. The van der Waals surface area contributed by atoms with Crippen LogP contribution < -0.4 is 0 Å². The molecule has 0 fully saturated rings. The SMILES string of the molecule is CP=[S-](C)=S. The lowest BCUT2D eigenvalue weighted by molar-refractivity contribution is 2.49. The molecule has 0 aliphatic carbocycles. The summed E-state index contributed by atoms with van der Waals surface area (Å²) in [6, 6.07) is 0. The van der Waals surface area contributed by atoms with Crippen LogP contribution in [0.15, 0.2) is 0 Å². The molecule has 0 aromatic carbocycles. The van der Waals surface area contributed by atoms with Crippen LogP contribution in [0.25, 0.3) is 0 Å². The van der Waals surface area contributed by atoms with E-state index in [2.05, 4.69) is 12.9 Å². The van der Waals surface area contributed by atoms with Gasteiger partial charge < -0.3 is 8.63 Å². The largest absolute Gasteiger partial charge is 0.387 e. The fraction of sp³-hybridized carbons (Fsp3) is 1.00. The van der Waals surface area contributed by atoms with E-state index in [0.29, 0.717) is 0 Å². The fourth-order valence-corrected chi connectivity index (χ4v) is 0. The molecule has 0 spiro atoms. The summed E-state index contributed by atoms with van der Waals surface area (Å²) in [5, 5.41) is 0. The van der Waals surface area contributed by atoms with Gasteiger partial charge in [-0.05, 0) is 6.66 Å². The molecular formula is C2H6PS2-. The summed E-state index contributed by atoms with van der Waals surface area (Å²) in [4.78, 5) is 0. The predicted octanol–water partition coefficient (Wildman–Crippen LogP) is 1.19. The van der Waals surface area contributed by atoms with Crippen molar-refractivity contribution in [2.75, 3.05) is 12.9 Å². The fourth-order valence-electron chi connectivity index (χ4n) is 0. The summed E-state index contributed by atoms with van der Waals surface area (Å²) >= 11 is 4.80. The van der Waals surface area contributed by atoms with Crippen LogP contribution in [-0.4, -0.2) is 12.9 Å². The Kier molecular flexibility index (Phi) is 3.61. The molecule has 0 aliphatic rings. The van der Waals surface area contributed by atoms with Gasteiger partial charge in [0.2, 0.25) is 0 Å². The molecule has 0 rings (SSSR count). The summed E-state index contributed by atoms with van der Waals surface area (Å²) in [5.41, 5.74) is 0. The van der Waals surface area contributed by atoms with Gasteiger partial charge in [0.25, 0.3) is 0 Å². The lowest BCUT2D eigenvalue weighted by Crippen LogP contribution is -1.46. The van der Waals surface area contributed by atoms with E-state index in [-0.39, 0.29) is 8.63 Å². The first-order chi connectivity index (χ1) is 2.27. The Hall–Kier alpha value is 0.870. The molecule has 0 aromatic rings. The average Bonchev–Trinajstić information content (AvgIpc) is 1.38. The Morgan fingerprint density at radius 1 is 1.80 bits per heavy atom. The van der Waals surface area contributed by atoms with E-state index in [1.165, 1.54) is 7.36 Å². The smallest absolute Gasteiger partial charge is 0.0467 e. The standard InChI is InChI=1S/C2H6PS2/c1-3-5(2)4/h1-2H3/q-1. The number of hydrogen-bond donors (Lipinski definition) is 0. The third-order valence-corrected chi connectivity index (χ3v) is 3.66. The third-order valence-electron chi connectivity index (χ3n) is 0.257. The molecule has 0 amide bonds. The van der Waals surface area contributed by atoms with Crippen LogP contribution in [0.5, 0.6) is 0 Å². The second kappa shape index (κ2) is 3.08. The van der Waals surface area contributed by atoms with Crippen LogP contribution in [-0.2, 0) is 19.8 Å². The van der Waals surface area contributed by atoms with E-state index in [1.54, 1.807) is 0 Å². The minimum Gasteiger partial charge on any atom is -0.387 e. The van der Waals surface area contributed by atoms with Crippen LogP contribution in [0.3, 0.4) is 0 Å². The van der Waals surface area contributed by atoms with E-state index in [4.69, 9.17) is 11.2 Å². The monoisotopic (exact) mass is 125 g/mol. The molecule has 0 aliphatic heterocycles. The second-order valence-electron chi connectivity index (χ2n) is 0.606. The molecule has 0 atom stereocenters. The van der Waals surface area contributed by atoms with Gasteiger partial charge in [-0.3, -0.25) is 18.5 Å². The van der Waals surface area contributed by atoms with E-state index in [9.17, 15) is 0 Å². The molecular weight excluding hydrogens is 119 g/mol. The maximum Gasteiger partial charge on any atom is -0.0467 e. The van der Waals surface area contributed by atoms with Gasteiger partial charge in [0.1, 0.15) is 0 Å². The van der Waals surface area contributed by atoms with Crippen LogP contribution in [0.4, 0.5) is 0 Å². The number of rotatable bonds is 0. The molecule has 0 N–H and O–H groups in total. The Balaban J connectivity index is 3.62. The van der Waals surface area contributed by atoms with Gasteiger partial charge in [-0.2, -0.15) is 0 Å². The van der Waals surface area contributed by atoms with Crippen molar-refractivity contribution in [3.05, 3.63) is 0 Å². The second-order valence-corrected chi connectivity index (χ2v) is 6.80. The lowest BCUT2D eigenvalue weighted by Gasteiger charge is -1.81. The van der Waals surface area contributed by atoms with Crippen molar-refractivity contribution in [3.63, 3.8) is 0 Å². The zero-order valence-electron chi connectivity index (χ0n) is 3.26. The van der Waals surface area contributed by atoms with Crippen molar-refractivity contribution in [2.45, 2.75) is 0 Å². The Morgan fingerprint density at radius 2 is 2.00 bits per heavy atom. The highest BCUT2D eigenvalue weighted by molar-refractivity contribution is 8.41. The average molecular weight is 125 g/mol. The predicted molar refractivity (Wildman–Crippen MR) is 33.5 cm³/mol. The Labute approximate surface area is 40.6 Å². The number of hydrogen-bond acceptors (Lipinski definition) is 2. The highest BCUT2D eigenvalue weighted by Crippen LogP contribution is 1.83.